The predicted octanol–water partition coefficient (Wildman–Crippen LogP) is 2.35. The predicted molar refractivity (Wildman–Crippen MR) is 128 cm³/mol. The number of thioether (sulfide) groups is 1. The second kappa shape index (κ2) is 11.3. The summed E-state index contributed by atoms with van der Waals surface area (Å²) in [5.74, 6) is 3.28. The van der Waals surface area contributed by atoms with Gasteiger partial charge in [-0.3, -0.25) is 4.99 Å². The highest BCUT2D eigenvalue weighted by Crippen LogP contribution is 2.21. The van der Waals surface area contributed by atoms with Gasteiger partial charge >= 0.3 is 0 Å². The van der Waals surface area contributed by atoms with Crippen molar-refractivity contribution in [3.63, 3.8) is 0 Å². The van der Waals surface area contributed by atoms with Gasteiger partial charge in [0.15, 0.2) is 5.96 Å². The van der Waals surface area contributed by atoms with Gasteiger partial charge in [0, 0.05) is 70.1 Å². The molecule has 2 fully saturated rings. The number of pyridine rings is 1. The molecule has 1 aromatic rings. The Hall–Kier alpha value is -0.740. The van der Waals surface area contributed by atoms with E-state index in [4.69, 9.17) is 0 Å². The van der Waals surface area contributed by atoms with Crippen molar-refractivity contribution in [3.05, 3.63) is 23.9 Å². The summed E-state index contributed by atoms with van der Waals surface area (Å²) in [6.45, 7) is 9.51. The maximum Gasteiger partial charge on any atom is 0.193 e. The summed E-state index contributed by atoms with van der Waals surface area (Å²) in [5.41, 5.74) is 1.20. The van der Waals surface area contributed by atoms with E-state index in [0.717, 1.165) is 57.6 Å². The summed E-state index contributed by atoms with van der Waals surface area (Å²) in [6.07, 6.45) is 3.21. The van der Waals surface area contributed by atoms with Crippen molar-refractivity contribution in [2.24, 2.45) is 4.99 Å². The Kier molecular flexibility index (Phi) is 9.44. The van der Waals surface area contributed by atoms with E-state index in [1.54, 1.807) is 0 Å². The van der Waals surface area contributed by atoms with Crippen LogP contribution in [0.4, 0.5) is 5.82 Å². The number of halogens is 1. The van der Waals surface area contributed by atoms with Crippen molar-refractivity contribution < 1.29 is 0 Å². The first-order chi connectivity index (χ1) is 12.7. The smallest absolute Gasteiger partial charge is 0.193 e. The summed E-state index contributed by atoms with van der Waals surface area (Å²) in [6, 6.07) is 4.33. The highest BCUT2D eigenvalue weighted by Gasteiger charge is 2.21. The third kappa shape index (κ3) is 6.39. The van der Waals surface area contributed by atoms with Gasteiger partial charge in [-0.15, -0.1) is 24.0 Å². The number of anilines is 1. The number of rotatable bonds is 4. The fraction of sp³-hybridized carbons (Fsp3) is 0.684. The molecule has 2 saturated heterocycles. The minimum Gasteiger partial charge on any atom is -0.354 e. The van der Waals surface area contributed by atoms with E-state index in [2.05, 4.69) is 67.9 Å². The zero-order chi connectivity index (χ0) is 18.4. The number of guanidine groups is 1. The van der Waals surface area contributed by atoms with Crippen LogP contribution in [-0.2, 0) is 6.54 Å². The molecule has 3 rings (SSSR count). The Labute approximate surface area is 185 Å². The van der Waals surface area contributed by atoms with Gasteiger partial charge in [-0.05, 0) is 25.1 Å². The first-order valence-corrected chi connectivity index (χ1v) is 10.7. The molecule has 1 aromatic heterocycles. The molecule has 8 heteroatoms. The molecule has 0 amide bonds. The largest absolute Gasteiger partial charge is 0.354 e. The van der Waals surface area contributed by atoms with Crippen LogP contribution in [0.3, 0.4) is 0 Å². The highest BCUT2D eigenvalue weighted by molar-refractivity contribution is 14.0. The Bertz CT molecular complexity index is 588. The molecule has 0 aromatic carbocycles. The molecule has 2 aliphatic heterocycles. The van der Waals surface area contributed by atoms with Crippen LogP contribution in [0.15, 0.2) is 23.3 Å². The standard InChI is InChI=1S/C19H32N6S.HI/c1-4-17-15-25(11-12-26-17)19(20-2)22-14-16-5-6-18(21-13-16)24-9-7-23(3)8-10-24;/h5-6,13,17H,4,7-12,14-15H2,1-3H3,(H,20,22);1H. The fourth-order valence-corrected chi connectivity index (χ4v) is 4.60. The van der Waals surface area contributed by atoms with Crippen LogP contribution in [0.1, 0.15) is 18.9 Å². The molecule has 0 bridgehead atoms. The quantitative estimate of drug-likeness (QED) is 0.386. The molecular weight excluding hydrogens is 471 g/mol. The lowest BCUT2D eigenvalue weighted by molar-refractivity contribution is 0.312. The van der Waals surface area contributed by atoms with Crippen LogP contribution in [0.25, 0.3) is 0 Å². The number of likely N-dealkylation sites (N-methyl/N-ethyl adjacent to an activating group) is 1. The van der Waals surface area contributed by atoms with Crippen LogP contribution in [0.5, 0.6) is 0 Å². The van der Waals surface area contributed by atoms with Crippen molar-refractivity contribution in [2.45, 2.75) is 25.1 Å². The molecular formula is C19H33IN6S. The van der Waals surface area contributed by atoms with Crippen molar-refractivity contribution >= 4 is 47.5 Å². The molecule has 1 N–H and O–H groups in total. The van der Waals surface area contributed by atoms with Crippen molar-refractivity contribution in [1.82, 2.24) is 20.1 Å². The average molecular weight is 504 g/mol. The maximum atomic E-state index is 4.68. The third-order valence-electron chi connectivity index (χ3n) is 5.19. The molecule has 152 valence electrons. The second-order valence-corrected chi connectivity index (χ2v) is 8.47. The Balaban J connectivity index is 0.00000261. The molecule has 1 unspecified atom stereocenters. The van der Waals surface area contributed by atoms with E-state index in [0.29, 0.717) is 5.25 Å². The minimum atomic E-state index is 0. The maximum absolute atomic E-state index is 4.68. The number of nitrogens with zero attached hydrogens (tertiary/aromatic N) is 5. The zero-order valence-corrected chi connectivity index (χ0v) is 19.9. The first-order valence-electron chi connectivity index (χ1n) is 9.65. The van der Waals surface area contributed by atoms with E-state index in [9.17, 15) is 0 Å². The number of nitrogens with one attached hydrogen (secondary N) is 1. The molecule has 0 spiro atoms. The van der Waals surface area contributed by atoms with Crippen molar-refractivity contribution in [1.29, 1.82) is 0 Å². The number of aromatic nitrogens is 1. The normalized spacial score (nSPS) is 21.7. The molecule has 27 heavy (non-hydrogen) atoms. The van der Waals surface area contributed by atoms with Gasteiger partial charge in [0.1, 0.15) is 5.82 Å². The van der Waals surface area contributed by atoms with Crippen molar-refractivity contribution in [2.75, 3.05) is 64.0 Å². The van der Waals surface area contributed by atoms with Gasteiger partial charge in [0.2, 0.25) is 0 Å². The topological polar surface area (TPSA) is 47.0 Å². The molecule has 1 atom stereocenters. The molecule has 0 aliphatic carbocycles. The minimum absolute atomic E-state index is 0. The first kappa shape index (κ1) is 22.5. The van der Waals surface area contributed by atoms with Crippen LogP contribution in [-0.4, -0.2) is 85.1 Å². The summed E-state index contributed by atoms with van der Waals surface area (Å²) < 4.78 is 0. The van der Waals surface area contributed by atoms with E-state index in [1.807, 2.05) is 13.2 Å². The molecule has 3 heterocycles. The van der Waals surface area contributed by atoms with E-state index < -0.39 is 0 Å². The summed E-state index contributed by atoms with van der Waals surface area (Å²) in [7, 11) is 4.05. The number of piperazine rings is 1. The van der Waals surface area contributed by atoms with E-state index >= 15 is 0 Å². The molecule has 6 nitrogen and oxygen atoms in total. The average Bonchev–Trinajstić information content (AvgIpc) is 2.70. The lowest BCUT2D eigenvalue weighted by Crippen LogP contribution is -2.47. The molecule has 0 saturated carbocycles. The van der Waals surface area contributed by atoms with Gasteiger partial charge in [-0.25, -0.2) is 4.98 Å². The summed E-state index contributed by atoms with van der Waals surface area (Å²) in [4.78, 5) is 16.3. The van der Waals surface area contributed by atoms with Crippen molar-refractivity contribution in [3.8, 4) is 0 Å². The lowest BCUT2D eigenvalue weighted by Gasteiger charge is -2.34. The fourth-order valence-electron chi connectivity index (χ4n) is 3.42. The second-order valence-electron chi connectivity index (χ2n) is 7.06. The van der Waals surface area contributed by atoms with E-state index in [-0.39, 0.29) is 24.0 Å². The molecule has 2 aliphatic rings. The summed E-state index contributed by atoms with van der Waals surface area (Å²) >= 11 is 2.08. The Morgan fingerprint density at radius 2 is 2.04 bits per heavy atom. The van der Waals surface area contributed by atoms with Gasteiger partial charge in [-0.2, -0.15) is 11.8 Å². The zero-order valence-electron chi connectivity index (χ0n) is 16.7. The van der Waals surface area contributed by atoms with Crippen LogP contribution in [0.2, 0.25) is 0 Å². The van der Waals surface area contributed by atoms with Crippen LogP contribution in [0, 0.1) is 0 Å². The Morgan fingerprint density at radius 1 is 1.26 bits per heavy atom. The number of aliphatic imine (C=N–C) groups is 1. The number of hydrogen-bond acceptors (Lipinski definition) is 5. The third-order valence-corrected chi connectivity index (χ3v) is 6.56. The molecule has 0 radical (unpaired) electrons. The number of hydrogen-bond donors (Lipinski definition) is 1. The van der Waals surface area contributed by atoms with Gasteiger partial charge in [0.05, 0.1) is 0 Å². The summed E-state index contributed by atoms with van der Waals surface area (Å²) in [5, 5.41) is 4.23. The van der Waals surface area contributed by atoms with Gasteiger partial charge in [-0.1, -0.05) is 13.0 Å². The monoisotopic (exact) mass is 504 g/mol. The van der Waals surface area contributed by atoms with E-state index in [1.165, 1.54) is 17.7 Å². The van der Waals surface area contributed by atoms with Gasteiger partial charge in [0.25, 0.3) is 0 Å². The lowest BCUT2D eigenvalue weighted by atomic mass is 10.2. The Morgan fingerprint density at radius 3 is 2.67 bits per heavy atom. The van der Waals surface area contributed by atoms with Crippen LogP contribution >= 0.6 is 35.7 Å². The SMILES string of the molecule is CCC1CN(C(=NC)NCc2ccc(N3CCN(C)CC3)nc2)CCS1.I. The highest BCUT2D eigenvalue weighted by atomic mass is 127. The van der Waals surface area contributed by atoms with Crippen LogP contribution < -0.4 is 10.2 Å². The van der Waals surface area contributed by atoms with Gasteiger partial charge < -0.3 is 20.0 Å².